The van der Waals surface area contributed by atoms with E-state index in [2.05, 4.69) is 20.9 Å². The van der Waals surface area contributed by atoms with Gasteiger partial charge in [-0.2, -0.15) is 0 Å². The Bertz CT molecular complexity index is 753. The Labute approximate surface area is 152 Å². The molecule has 1 fully saturated rings. The highest BCUT2D eigenvalue weighted by molar-refractivity contribution is 5.94. The minimum Gasteiger partial charge on any atom is -0.376 e. The lowest BCUT2D eigenvalue weighted by atomic mass is 10.2. The summed E-state index contributed by atoms with van der Waals surface area (Å²) in [4.78, 5) is 27.4. The normalized spacial score (nSPS) is 16.1. The molecular formula is C19H22N4O3. The van der Waals surface area contributed by atoms with Crippen molar-refractivity contribution in [3.63, 3.8) is 0 Å². The molecule has 2 aromatic rings. The van der Waals surface area contributed by atoms with Gasteiger partial charge in [-0.05, 0) is 49.2 Å². The van der Waals surface area contributed by atoms with E-state index in [1.165, 1.54) is 6.92 Å². The zero-order chi connectivity index (χ0) is 18.4. The highest BCUT2D eigenvalue weighted by Gasteiger charge is 2.16. The standard InChI is InChI=1S/C19H22N4O3/c1-13(24)22-15-5-7-16(8-6-15)23-18-9-4-14(11-20-18)19(25)21-12-17-3-2-10-26-17/h4-9,11,17H,2-3,10,12H2,1H3,(H,20,23)(H,21,25)(H,22,24). The molecule has 1 saturated heterocycles. The van der Waals surface area contributed by atoms with E-state index in [9.17, 15) is 9.59 Å². The highest BCUT2D eigenvalue weighted by Crippen LogP contribution is 2.18. The summed E-state index contributed by atoms with van der Waals surface area (Å²) in [6.45, 7) is 2.77. The maximum absolute atomic E-state index is 12.1. The van der Waals surface area contributed by atoms with Gasteiger partial charge >= 0.3 is 0 Å². The van der Waals surface area contributed by atoms with Crippen molar-refractivity contribution in [2.75, 3.05) is 23.8 Å². The van der Waals surface area contributed by atoms with Gasteiger partial charge in [0, 0.05) is 37.6 Å². The van der Waals surface area contributed by atoms with E-state index >= 15 is 0 Å². The van der Waals surface area contributed by atoms with Crippen LogP contribution in [0.5, 0.6) is 0 Å². The van der Waals surface area contributed by atoms with Crippen LogP contribution in [-0.2, 0) is 9.53 Å². The number of amides is 2. The van der Waals surface area contributed by atoms with Crippen LogP contribution in [0, 0.1) is 0 Å². The Balaban J connectivity index is 1.53. The first-order valence-corrected chi connectivity index (χ1v) is 8.61. The summed E-state index contributed by atoms with van der Waals surface area (Å²) in [5.74, 6) is 0.368. The van der Waals surface area contributed by atoms with E-state index in [0.717, 1.165) is 30.8 Å². The molecule has 1 unspecified atom stereocenters. The van der Waals surface area contributed by atoms with Crippen LogP contribution >= 0.6 is 0 Å². The molecule has 1 aromatic heterocycles. The van der Waals surface area contributed by atoms with E-state index < -0.39 is 0 Å². The second-order valence-corrected chi connectivity index (χ2v) is 6.16. The SMILES string of the molecule is CC(=O)Nc1ccc(Nc2ccc(C(=O)NCC3CCCO3)cn2)cc1. The molecule has 3 rings (SSSR count). The molecule has 1 atom stereocenters. The van der Waals surface area contributed by atoms with Crippen molar-refractivity contribution in [1.29, 1.82) is 0 Å². The molecule has 1 aliphatic rings. The number of nitrogens with one attached hydrogen (secondary N) is 3. The van der Waals surface area contributed by atoms with E-state index in [-0.39, 0.29) is 17.9 Å². The van der Waals surface area contributed by atoms with Gasteiger partial charge in [-0.25, -0.2) is 4.98 Å². The first-order valence-electron chi connectivity index (χ1n) is 8.61. The number of nitrogens with zero attached hydrogens (tertiary/aromatic N) is 1. The molecule has 0 bridgehead atoms. The maximum Gasteiger partial charge on any atom is 0.252 e. The zero-order valence-corrected chi connectivity index (χ0v) is 14.6. The van der Waals surface area contributed by atoms with Crippen molar-refractivity contribution in [1.82, 2.24) is 10.3 Å². The third-order valence-corrected chi connectivity index (χ3v) is 4.02. The fourth-order valence-electron chi connectivity index (χ4n) is 2.70. The Hall–Kier alpha value is -2.93. The molecule has 0 aliphatic carbocycles. The number of hydrogen-bond donors (Lipinski definition) is 3. The van der Waals surface area contributed by atoms with Crippen LogP contribution in [0.25, 0.3) is 0 Å². The Kier molecular flexibility index (Phi) is 5.80. The van der Waals surface area contributed by atoms with Crippen LogP contribution in [0.1, 0.15) is 30.1 Å². The van der Waals surface area contributed by atoms with Crippen LogP contribution in [0.15, 0.2) is 42.6 Å². The Morgan fingerprint density at radius 3 is 2.54 bits per heavy atom. The van der Waals surface area contributed by atoms with Crippen LogP contribution in [0.3, 0.4) is 0 Å². The summed E-state index contributed by atoms with van der Waals surface area (Å²) in [6.07, 6.45) is 3.70. The largest absolute Gasteiger partial charge is 0.376 e. The van der Waals surface area contributed by atoms with E-state index in [4.69, 9.17) is 4.74 Å². The molecule has 26 heavy (non-hydrogen) atoms. The number of anilines is 3. The van der Waals surface area contributed by atoms with Gasteiger partial charge in [-0.3, -0.25) is 9.59 Å². The van der Waals surface area contributed by atoms with E-state index in [0.29, 0.717) is 17.9 Å². The number of aromatic nitrogens is 1. The van der Waals surface area contributed by atoms with Crippen molar-refractivity contribution in [3.8, 4) is 0 Å². The van der Waals surface area contributed by atoms with Crippen LogP contribution in [-0.4, -0.2) is 36.1 Å². The molecule has 2 heterocycles. The summed E-state index contributed by atoms with van der Waals surface area (Å²) in [5.41, 5.74) is 2.08. The van der Waals surface area contributed by atoms with Gasteiger partial charge in [-0.1, -0.05) is 0 Å². The average Bonchev–Trinajstić information content (AvgIpc) is 3.15. The van der Waals surface area contributed by atoms with Gasteiger partial charge in [0.1, 0.15) is 5.82 Å². The minimum absolute atomic E-state index is 0.110. The first-order chi connectivity index (χ1) is 12.6. The van der Waals surface area contributed by atoms with Crippen molar-refractivity contribution in [3.05, 3.63) is 48.2 Å². The number of pyridine rings is 1. The molecular weight excluding hydrogens is 332 g/mol. The smallest absolute Gasteiger partial charge is 0.252 e. The molecule has 7 nitrogen and oxygen atoms in total. The lowest BCUT2D eigenvalue weighted by molar-refractivity contribution is -0.114. The third kappa shape index (κ3) is 5.03. The monoisotopic (exact) mass is 354 g/mol. The number of carbonyl (C=O) groups is 2. The third-order valence-electron chi connectivity index (χ3n) is 4.02. The second-order valence-electron chi connectivity index (χ2n) is 6.16. The van der Waals surface area contributed by atoms with Crippen LogP contribution in [0.2, 0.25) is 0 Å². The minimum atomic E-state index is -0.154. The van der Waals surface area contributed by atoms with E-state index in [1.807, 2.05) is 12.1 Å². The number of benzene rings is 1. The number of ether oxygens (including phenoxy) is 1. The molecule has 0 radical (unpaired) electrons. The lowest BCUT2D eigenvalue weighted by Crippen LogP contribution is -2.31. The molecule has 0 saturated carbocycles. The van der Waals surface area contributed by atoms with Gasteiger partial charge in [0.05, 0.1) is 11.7 Å². The molecule has 3 N–H and O–H groups in total. The average molecular weight is 354 g/mol. The van der Waals surface area contributed by atoms with E-state index in [1.54, 1.807) is 30.5 Å². The van der Waals surface area contributed by atoms with Crippen molar-refractivity contribution < 1.29 is 14.3 Å². The van der Waals surface area contributed by atoms with Gasteiger partial charge in [0.15, 0.2) is 0 Å². The van der Waals surface area contributed by atoms with Gasteiger partial charge < -0.3 is 20.7 Å². The Morgan fingerprint density at radius 2 is 1.92 bits per heavy atom. The van der Waals surface area contributed by atoms with Crippen molar-refractivity contribution in [2.24, 2.45) is 0 Å². The highest BCUT2D eigenvalue weighted by atomic mass is 16.5. The quantitative estimate of drug-likeness (QED) is 0.742. The van der Waals surface area contributed by atoms with Gasteiger partial charge in [-0.15, -0.1) is 0 Å². The predicted molar refractivity (Wildman–Crippen MR) is 99.6 cm³/mol. The Morgan fingerprint density at radius 1 is 1.15 bits per heavy atom. The maximum atomic E-state index is 12.1. The van der Waals surface area contributed by atoms with Crippen molar-refractivity contribution in [2.45, 2.75) is 25.9 Å². The topological polar surface area (TPSA) is 92.4 Å². The van der Waals surface area contributed by atoms with Crippen LogP contribution in [0.4, 0.5) is 17.2 Å². The second kappa shape index (κ2) is 8.44. The summed E-state index contributed by atoms with van der Waals surface area (Å²) in [7, 11) is 0. The first kappa shape index (κ1) is 17.9. The zero-order valence-electron chi connectivity index (χ0n) is 14.6. The summed E-state index contributed by atoms with van der Waals surface area (Å²) < 4.78 is 5.49. The molecule has 1 aromatic carbocycles. The predicted octanol–water partition coefficient (Wildman–Crippen LogP) is 2.69. The van der Waals surface area contributed by atoms with Gasteiger partial charge in [0.25, 0.3) is 5.91 Å². The number of hydrogen-bond acceptors (Lipinski definition) is 5. The van der Waals surface area contributed by atoms with Gasteiger partial charge in [0.2, 0.25) is 5.91 Å². The lowest BCUT2D eigenvalue weighted by Gasteiger charge is -2.11. The van der Waals surface area contributed by atoms with Crippen molar-refractivity contribution >= 4 is 29.0 Å². The summed E-state index contributed by atoms with van der Waals surface area (Å²) in [6, 6.07) is 10.8. The van der Waals surface area contributed by atoms with Crippen LogP contribution < -0.4 is 16.0 Å². The molecule has 7 heteroatoms. The fourth-order valence-corrected chi connectivity index (χ4v) is 2.70. The summed E-state index contributed by atoms with van der Waals surface area (Å²) in [5, 5.41) is 8.74. The summed E-state index contributed by atoms with van der Waals surface area (Å²) >= 11 is 0. The number of rotatable bonds is 6. The number of carbonyl (C=O) groups excluding carboxylic acids is 2. The molecule has 0 spiro atoms. The molecule has 136 valence electrons. The molecule has 1 aliphatic heterocycles. The molecule has 2 amide bonds. The fraction of sp³-hybridized carbons (Fsp3) is 0.316.